The van der Waals surface area contributed by atoms with Gasteiger partial charge < -0.3 is 10.1 Å². The molecule has 1 N–H and O–H groups in total. The van der Waals surface area contributed by atoms with E-state index >= 15 is 0 Å². The number of carbonyl (C=O) groups excluding carboxylic acids is 2. The highest BCUT2D eigenvalue weighted by Gasteiger charge is 2.28. The van der Waals surface area contributed by atoms with Crippen LogP contribution in [-0.2, 0) is 20.7 Å². The lowest BCUT2D eigenvalue weighted by molar-refractivity contribution is -0.148. The van der Waals surface area contributed by atoms with Crippen molar-refractivity contribution in [3.63, 3.8) is 0 Å². The summed E-state index contributed by atoms with van der Waals surface area (Å²) in [4.78, 5) is 33.0. The normalized spacial score (nSPS) is 22.3. The van der Waals surface area contributed by atoms with Crippen LogP contribution in [0.25, 0.3) is 0 Å². The third-order valence-corrected chi connectivity index (χ3v) is 6.13. The van der Waals surface area contributed by atoms with Crippen LogP contribution < -0.4 is 5.32 Å². The highest BCUT2D eigenvalue weighted by Crippen LogP contribution is 2.29. The zero-order valence-corrected chi connectivity index (χ0v) is 17.8. The van der Waals surface area contributed by atoms with Gasteiger partial charge in [-0.2, -0.15) is 0 Å². The molecule has 1 saturated carbocycles. The van der Waals surface area contributed by atoms with Crippen LogP contribution in [0.5, 0.6) is 0 Å². The summed E-state index contributed by atoms with van der Waals surface area (Å²) >= 11 is 1.50. The fraction of sp³-hybridized carbons (Fsp3) is 0.700. The summed E-state index contributed by atoms with van der Waals surface area (Å²) in [7, 11) is 0. The Kier molecular flexibility index (Phi) is 8.07. The number of thioether (sulfide) groups is 1. The molecule has 1 fully saturated rings. The molecule has 7 heteroatoms. The summed E-state index contributed by atoms with van der Waals surface area (Å²) in [6.45, 7) is 8.04. The van der Waals surface area contributed by atoms with Gasteiger partial charge in [-0.05, 0) is 50.3 Å². The third-order valence-electron chi connectivity index (χ3n) is 5.58. The van der Waals surface area contributed by atoms with Crippen molar-refractivity contribution < 1.29 is 14.3 Å². The first-order valence-corrected chi connectivity index (χ1v) is 10.9. The number of carbonyl (C=O) groups is 2. The molecule has 3 atom stereocenters. The van der Waals surface area contributed by atoms with E-state index in [1.54, 1.807) is 0 Å². The molecule has 0 unspecified atom stereocenters. The Labute approximate surface area is 166 Å². The van der Waals surface area contributed by atoms with Gasteiger partial charge in [-0.25, -0.2) is 9.97 Å². The van der Waals surface area contributed by atoms with Gasteiger partial charge in [0.2, 0.25) is 0 Å². The zero-order chi connectivity index (χ0) is 20.0. The van der Waals surface area contributed by atoms with Gasteiger partial charge in [0.1, 0.15) is 0 Å². The van der Waals surface area contributed by atoms with Crippen molar-refractivity contribution in [3.8, 4) is 0 Å². The molecule has 1 heterocycles. The summed E-state index contributed by atoms with van der Waals surface area (Å²) in [5.74, 6) is 0.476. The first-order valence-electron chi connectivity index (χ1n) is 9.65. The van der Waals surface area contributed by atoms with Crippen LogP contribution >= 0.6 is 11.8 Å². The summed E-state index contributed by atoms with van der Waals surface area (Å²) in [6, 6.07) is 0.178. The van der Waals surface area contributed by atoms with E-state index in [2.05, 4.69) is 29.1 Å². The first kappa shape index (κ1) is 21.7. The number of aryl methyl sites for hydroxylation is 2. The summed E-state index contributed by atoms with van der Waals surface area (Å²) in [6.07, 6.45) is 6.01. The van der Waals surface area contributed by atoms with Gasteiger partial charge in [-0.3, -0.25) is 9.59 Å². The molecule has 2 rings (SSSR count). The van der Waals surface area contributed by atoms with E-state index in [1.807, 2.05) is 20.1 Å². The van der Waals surface area contributed by atoms with Gasteiger partial charge in [-0.15, -0.1) is 0 Å². The van der Waals surface area contributed by atoms with Crippen molar-refractivity contribution in [2.45, 2.75) is 71.0 Å². The minimum atomic E-state index is -0.372. The molecule has 0 aromatic carbocycles. The molecule has 0 spiro atoms. The Morgan fingerprint density at radius 1 is 1.19 bits per heavy atom. The number of hydrogen-bond donors (Lipinski definition) is 1. The molecule has 1 aliphatic rings. The van der Waals surface area contributed by atoms with Crippen molar-refractivity contribution in [1.82, 2.24) is 15.3 Å². The molecule has 27 heavy (non-hydrogen) atoms. The number of aromatic nitrogens is 2. The number of hydrogen-bond acceptors (Lipinski definition) is 6. The number of amides is 1. The third kappa shape index (κ3) is 6.19. The Balaban J connectivity index is 1.77. The average Bonchev–Trinajstić information content (AvgIpc) is 2.63. The van der Waals surface area contributed by atoms with Crippen molar-refractivity contribution in [3.05, 3.63) is 17.0 Å². The molecule has 0 bridgehead atoms. The van der Waals surface area contributed by atoms with Crippen LogP contribution in [0.2, 0.25) is 0 Å². The molecule has 1 aliphatic carbocycles. The fourth-order valence-electron chi connectivity index (χ4n) is 3.64. The highest BCUT2D eigenvalue weighted by molar-refractivity contribution is 7.98. The van der Waals surface area contributed by atoms with Gasteiger partial charge in [-0.1, -0.05) is 38.5 Å². The van der Waals surface area contributed by atoms with Crippen LogP contribution in [0.1, 0.15) is 56.5 Å². The van der Waals surface area contributed by atoms with Crippen LogP contribution in [0, 0.1) is 25.7 Å². The first-order chi connectivity index (χ1) is 12.8. The SMILES string of the molecule is CSc1nc(C)c(CCC(=O)OCC(=O)N[C@@H]2CCC[C@H](C)[C@@H]2C)c(C)n1. The lowest BCUT2D eigenvalue weighted by Gasteiger charge is -2.34. The van der Waals surface area contributed by atoms with Gasteiger partial charge in [0.25, 0.3) is 5.91 Å². The van der Waals surface area contributed by atoms with Crippen molar-refractivity contribution in [2.24, 2.45) is 11.8 Å². The number of ether oxygens (including phenoxy) is 1. The number of esters is 1. The predicted molar refractivity (Wildman–Crippen MR) is 107 cm³/mol. The van der Waals surface area contributed by atoms with Crippen LogP contribution in [0.3, 0.4) is 0 Å². The quantitative estimate of drug-likeness (QED) is 0.435. The number of nitrogens with one attached hydrogen (secondary N) is 1. The van der Waals surface area contributed by atoms with Crippen LogP contribution in [0.4, 0.5) is 0 Å². The van der Waals surface area contributed by atoms with E-state index in [-0.39, 0.29) is 30.9 Å². The summed E-state index contributed by atoms with van der Waals surface area (Å²) < 4.78 is 5.16. The van der Waals surface area contributed by atoms with Gasteiger partial charge >= 0.3 is 5.97 Å². The largest absolute Gasteiger partial charge is 0.456 e. The Morgan fingerprint density at radius 2 is 1.85 bits per heavy atom. The minimum absolute atomic E-state index is 0.178. The van der Waals surface area contributed by atoms with Crippen LogP contribution in [-0.4, -0.2) is 40.7 Å². The maximum atomic E-state index is 12.1. The molecule has 1 aromatic rings. The smallest absolute Gasteiger partial charge is 0.306 e. The maximum Gasteiger partial charge on any atom is 0.306 e. The monoisotopic (exact) mass is 393 g/mol. The van der Waals surface area contributed by atoms with Crippen molar-refractivity contribution in [1.29, 1.82) is 0 Å². The van der Waals surface area contributed by atoms with Gasteiger partial charge in [0, 0.05) is 23.9 Å². The number of nitrogens with zero attached hydrogens (tertiary/aromatic N) is 2. The van der Waals surface area contributed by atoms with Crippen molar-refractivity contribution in [2.75, 3.05) is 12.9 Å². The summed E-state index contributed by atoms with van der Waals surface area (Å²) in [5.41, 5.74) is 2.75. The minimum Gasteiger partial charge on any atom is -0.456 e. The summed E-state index contributed by atoms with van der Waals surface area (Å²) in [5, 5.41) is 3.76. The fourth-order valence-corrected chi connectivity index (χ4v) is 4.10. The Hall–Kier alpha value is -1.63. The predicted octanol–water partition coefficient (Wildman–Crippen LogP) is 3.23. The van der Waals surface area contributed by atoms with E-state index in [4.69, 9.17) is 4.74 Å². The molecule has 150 valence electrons. The zero-order valence-electron chi connectivity index (χ0n) is 17.0. The molecular weight excluding hydrogens is 362 g/mol. The lowest BCUT2D eigenvalue weighted by Crippen LogP contribution is -2.45. The second kappa shape index (κ2) is 10.1. The van der Waals surface area contributed by atoms with E-state index < -0.39 is 0 Å². The second-order valence-corrected chi connectivity index (χ2v) is 8.24. The second-order valence-electron chi connectivity index (χ2n) is 7.46. The highest BCUT2D eigenvalue weighted by atomic mass is 32.2. The standard InChI is InChI=1S/C20H31N3O3S/c1-12-7-6-8-17(13(12)2)23-18(24)11-26-19(25)10-9-16-14(3)21-20(27-5)22-15(16)4/h12-13,17H,6-11H2,1-5H3,(H,23,24)/t12-,13-,17+/m0/s1. The van der Waals surface area contributed by atoms with E-state index in [1.165, 1.54) is 18.2 Å². The van der Waals surface area contributed by atoms with E-state index in [0.29, 0.717) is 18.3 Å². The number of rotatable bonds is 7. The molecule has 0 aliphatic heterocycles. The molecule has 6 nitrogen and oxygen atoms in total. The molecule has 0 radical (unpaired) electrons. The molecule has 0 saturated heterocycles. The van der Waals surface area contributed by atoms with Crippen LogP contribution in [0.15, 0.2) is 5.16 Å². The van der Waals surface area contributed by atoms with Crippen molar-refractivity contribution >= 4 is 23.6 Å². The maximum absolute atomic E-state index is 12.1. The molecule has 1 amide bonds. The molecule has 1 aromatic heterocycles. The van der Waals surface area contributed by atoms with E-state index in [0.717, 1.165) is 34.9 Å². The Morgan fingerprint density at radius 3 is 2.48 bits per heavy atom. The average molecular weight is 394 g/mol. The van der Waals surface area contributed by atoms with Gasteiger partial charge in [0.15, 0.2) is 11.8 Å². The van der Waals surface area contributed by atoms with E-state index in [9.17, 15) is 9.59 Å². The topological polar surface area (TPSA) is 81.2 Å². The Bertz CT molecular complexity index is 657. The van der Waals surface area contributed by atoms with Gasteiger partial charge in [0.05, 0.1) is 0 Å². The molecular formula is C20H31N3O3S. The lowest BCUT2D eigenvalue weighted by atomic mass is 9.78.